The van der Waals surface area contributed by atoms with E-state index < -0.39 is 0 Å². The minimum Gasteiger partial charge on any atom is -0.419 e. The number of halogens is 1. The number of hydrogen-bond donors (Lipinski definition) is 0. The molecule has 25 heavy (non-hydrogen) atoms. The topological polar surface area (TPSA) is 42.2 Å². The lowest BCUT2D eigenvalue weighted by Gasteiger charge is -2.23. The van der Waals surface area contributed by atoms with Gasteiger partial charge in [0.15, 0.2) is 0 Å². The van der Waals surface area contributed by atoms with Crippen LogP contribution < -0.4 is 0 Å². The molecule has 0 saturated carbocycles. The van der Waals surface area contributed by atoms with Crippen LogP contribution >= 0.6 is 0 Å². The molecule has 1 aliphatic heterocycles. The van der Waals surface area contributed by atoms with Gasteiger partial charge in [-0.25, -0.2) is 4.39 Å². The zero-order valence-corrected chi connectivity index (χ0v) is 14.2. The number of nitrogens with zero attached hydrogens (tertiary/aromatic N) is 3. The average Bonchev–Trinajstić information content (AvgIpc) is 3.26. The Labute approximate surface area is 146 Å². The number of benzene rings is 2. The maximum Gasteiger partial charge on any atom is 0.247 e. The van der Waals surface area contributed by atoms with E-state index in [4.69, 9.17) is 4.42 Å². The van der Waals surface area contributed by atoms with Crippen LogP contribution in [0.3, 0.4) is 0 Å². The molecule has 5 heteroatoms. The SMILES string of the molecule is Cc1cccc(-c2nnc(CN3CCCC3c3ccc(F)cc3)o2)c1. The van der Waals surface area contributed by atoms with Crippen LogP contribution in [0.2, 0.25) is 0 Å². The summed E-state index contributed by atoms with van der Waals surface area (Å²) in [5.74, 6) is 0.967. The molecule has 2 heterocycles. The normalized spacial score (nSPS) is 17.9. The van der Waals surface area contributed by atoms with E-state index in [0.717, 1.165) is 36.1 Å². The quantitative estimate of drug-likeness (QED) is 0.702. The second-order valence-corrected chi connectivity index (χ2v) is 6.55. The number of aryl methyl sites for hydroxylation is 1. The second-order valence-electron chi connectivity index (χ2n) is 6.55. The molecule has 1 aromatic heterocycles. The van der Waals surface area contributed by atoms with Crippen molar-refractivity contribution in [3.63, 3.8) is 0 Å². The van der Waals surface area contributed by atoms with Crippen LogP contribution in [0.4, 0.5) is 4.39 Å². The van der Waals surface area contributed by atoms with E-state index in [2.05, 4.69) is 15.1 Å². The summed E-state index contributed by atoms with van der Waals surface area (Å²) in [5, 5.41) is 8.40. The van der Waals surface area contributed by atoms with Gasteiger partial charge in [-0.15, -0.1) is 10.2 Å². The Kier molecular flexibility index (Phi) is 4.32. The third-order valence-corrected chi connectivity index (χ3v) is 4.69. The zero-order valence-electron chi connectivity index (χ0n) is 14.2. The lowest BCUT2D eigenvalue weighted by atomic mass is 10.0. The largest absolute Gasteiger partial charge is 0.419 e. The Morgan fingerprint density at radius 2 is 2.00 bits per heavy atom. The van der Waals surface area contributed by atoms with Gasteiger partial charge in [0, 0.05) is 11.6 Å². The van der Waals surface area contributed by atoms with E-state index in [1.165, 1.54) is 12.1 Å². The lowest BCUT2D eigenvalue weighted by molar-refractivity contribution is 0.224. The summed E-state index contributed by atoms with van der Waals surface area (Å²) in [6.07, 6.45) is 2.17. The smallest absolute Gasteiger partial charge is 0.247 e. The van der Waals surface area contributed by atoms with E-state index in [-0.39, 0.29) is 11.9 Å². The highest BCUT2D eigenvalue weighted by Crippen LogP contribution is 2.33. The Bertz CT molecular complexity index is 859. The van der Waals surface area contributed by atoms with Crippen LogP contribution in [0.5, 0.6) is 0 Å². The number of rotatable bonds is 4. The Morgan fingerprint density at radius 3 is 2.80 bits per heavy atom. The molecule has 0 spiro atoms. The lowest BCUT2D eigenvalue weighted by Crippen LogP contribution is -2.22. The van der Waals surface area contributed by atoms with Crippen molar-refractivity contribution in [3.05, 3.63) is 71.4 Å². The molecule has 0 bridgehead atoms. The van der Waals surface area contributed by atoms with Crippen LogP contribution in [0.25, 0.3) is 11.5 Å². The molecule has 0 radical (unpaired) electrons. The van der Waals surface area contributed by atoms with Crippen molar-refractivity contribution in [2.24, 2.45) is 0 Å². The molecule has 128 valence electrons. The van der Waals surface area contributed by atoms with Gasteiger partial charge < -0.3 is 4.42 Å². The fourth-order valence-electron chi connectivity index (χ4n) is 3.46. The first kappa shape index (κ1) is 16.0. The van der Waals surface area contributed by atoms with Gasteiger partial charge in [-0.2, -0.15) is 0 Å². The highest BCUT2D eigenvalue weighted by molar-refractivity contribution is 5.53. The van der Waals surface area contributed by atoms with Gasteiger partial charge in [-0.1, -0.05) is 29.8 Å². The summed E-state index contributed by atoms with van der Waals surface area (Å²) in [6, 6.07) is 15.1. The Balaban J connectivity index is 1.51. The summed E-state index contributed by atoms with van der Waals surface area (Å²) in [5.41, 5.74) is 3.24. The molecule has 4 rings (SSSR count). The zero-order chi connectivity index (χ0) is 17.2. The van der Waals surface area contributed by atoms with Crippen LogP contribution in [0, 0.1) is 12.7 Å². The average molecular weight is 337 g/mol. The predicted molar refractivity (Wildman–Crippen MR) is 93.3 cm³/mol. The molecule has 1 unspecified atom stereocenters. The molecule has 1 aliphatic rings. The number of hydrogen-bond acceptors (Lipinski definition) is 4. The third kappa shape index (κ3) is 3.46. The molecule has 0 aliphatic carbocycles. The minimum atomic E-state index is -0.201. The molecule has 1 atom stereocenters. The van der Waals surface area contributed by atoms with E-state index >= 15 is 0 Å². The van der Waals surface area contributed by atoms with Gasteiger partial charge in [-0.3, -0.25) is 4.90 Å². The van der Waals surface area contributed by atoms with Crippen molar-refractivity contribution in [1.29, 1.82) is 0 Å². The van der Waals surface area contributed by atoms with Gasteiger partial charge >= 0.3 is 0 Å². The molecule has 1 saturated heterocycles. The van der Waals surface area contributed by atoms with Crippen molar-refractivity contribution in [2.75, 3.05) is 6.54 Å². The molecule has 2 aromatic carbocycles. The van der Waals surface area contributed by atoms with Crippen LogP contribution in [0.15, 0.2) is 52.9 Å². The molecular formula is C20H20FN3O. The van der Waals surface area contributed by atoms with Gasteiger partial charge in [0.1, 0.15) is 5.82 Å². The van der Waals surface area contributed by atoms with Crippen LogP contribution in [0.1, 0.15) is 35.9 Å². The van der Waals surface area contributed by atoms with Crippen molar-refractivity contribution >= 4 is 0 Å². The first-order chi connectivity index (χ1) is 12.2. The van der Waals surface area contributed by atoms with E-state index in [1.807, 2.05) is 43.3 Å². The Hall–Kier alpha value is -2.53. The summed E-state index contributed by atoms with van der Waals surface area (Å²) in [6.45, 7) is 3.63. The third-order valence-electron chi connectivity index (χ3n) is 4.69. The molecule has 0 amide bonds. The fraction of sp³-hybridized carbons (Fsp3) is 0.300. The highest BCUT2D eigenvalue weighted by Gasteiger charge is 2.27. The monoisotopic (exact) mass is 337 g/mol. The van der Waals surface area contributed by atoms with Gasteiger partial charge in [0.05, 0.1) is 6.54 Å². The Morgan fingerprint density at radius 1 is 1.16 bits per heavy atom. The maximum absolute atomic E-state index is 13.2. The minimum absolute atomic E-state index is 0.201. The van der Waals surface area contributed by atoms with Gasteiger partial charge in [-0.05, 0) is 56.1 Å². The van der Waals surface area contributed by atoms with Gasteiger partial charge in [0.25, 0.3) is 0 Å². The maximum atomic E-state index is 13.2. The molecule has 1 fully saturated rings. The van der Waals surface area contributed by atoms with Crippen molar-refractivity contribution in [3.8, 4) is 11.5 Å². The fourth-order valence-corrected chi connectivity index (χ4v) is 3.46. The van der Waals surface area contributed by atoms with Crippen LogP contribution in [-0.4, -0.2) is 21.6 Å². The van der Waals surface area contributed by atoms with E-state index in [9.17, 15) is 4.39 Å². The first-order valence-electron chi connectivity index (χ1n) is 8.58. The molecule has 3 aromatic rings. The predicted octanol–water partition coefficient (Wildman–Crippen LogP) is 4.52. The number of likely N-dealkylation sites (tertiary alicyclic amines) is 1. The van der Waals surface area contributed by atoms with Crippen molar-refractivity contribution < 1.29 is 8.81 Å². The van der Waals surface area contributed by atoms with E-state index in [1.54, 1.807) is 0 Å². The van der Waals surface area contributed by atoms with Crippen molar-refractivity contribution in [2.45, 2.75) is 32.4 Å². The molecular weight excluding hydrogens is 317 g/mol. The first-order valence-corrected chi connectivity index (χ1v) is 8.58. The summed E-state index contributed by atoms with van der Waals surface area (Å²) in [7, 11) is 0. The summed E-state index contributed by atoms with van der Waals surface area (Å²) in [4.78, 5) is 2.32. The van der Waals surface area contributed by atoms with E-state index in [0.29, 0.717) is 18.3 Å². The standard InChI is InChI=1S/C20H20FN3O/c1-14-4-2-5-16(12-14)20-23-22-19(25-20)13-24-11-3-6-18(24)15-7-9-17(21)10-8-15/h2,4-5,7-10,12,18H,3,6,11,13H2,1H3. The molecule has 4 nitrogen and oxygen atoms in total. The second kappa shape index (κ2) is 6.76. The summed E-state index contributed by atoms with van der Waals surface area (Å²) >= 11 is 0. The highest BCUT2D eigenvalue weighted by atomic mass is 19.1. The van der Waals surface area contributed by atoms with Gasteiger partial charge in [0.2, 0.25) is 11.8 Å². The molecule has 0 N–H and O–H groups in total. The summed E-state index contributed by atoms with van der Waals surface area (Å²) < 4.78 is 19.0. The van der Waals surface area contributed by atoms with Crippen LogP contribution in [-0.2, 0) is 6.54 Å². The number of aromatic nitrogens is 2. The van der Waals surface area contributed by atoms with Crippen molar-refractivity contribution in [1.82, 2.24) is 15.1 Å².